The van der Waals surface area contributed by atoms with Gasteiger partial charge in [0.05, 0.1) is 22.7 Å². The van der Waals surface area contributed by atoms with E-state index in [1.807, 2.05) is 56.6 Å². The molecule has 4 heterocycles. The molecular weight excluding hydrogens is 330 g/mol. The molecule has 4 aromatic heterocycles. The Morgan fingerprint density at radius 2 is 2.04 bits per heavy atom. The number of aromatic nitrogens is 6. The minimum atomic E-state index is -0.305. The van der Waals surface area contributed by atoms with Gasteiger partial charge in [0.2, 0.25) is 0 Å². The lowest BCUT2D eigenvalue weighted by atomic mass is 10.1. The van der Waals surface area contributed by atoms with E-state index in [0.29, 0.717) is 17.0 Å². The highest BCUT2D eigenvalue weighted by Crippen LogP contribution is 2.22. The van der Waals surface area contributed by atoms with E-state index >= 15 is 0 Å². The van der Waals surface area contributed by atoms with Crippen molar-refractivity contribution >= 4 is 22.6 Å². The van der Waals surface area contributed by atoms with Gasteiger partial charge in [-0.2, -0.15) is 5.10 Å². The summed E-state index contributed by atoms with van der Waals surface area (Å²) in [6.45, 7) is 5.64. The van der Waals surface area contributed by atoms with Crippen molar-refractivity contribution in [3.8, 4) is 0 Å². The van der Waals surface area contributed by atoms with E-state index in [1.54, 1.807) is 10.7 Å². The summed E-state index contributed by atoms with van der Waals surface area (Å²) >= 11 is 0. The monoisotopic (exact) mass is 349 g/mol. The molecule has 0 aliphatic heterocycles. The molecule has 1 N–H and O–H groups in total. The van der Waals surface area contributed by atoms with Crippen LogP contribution in [0, 0.1) is 13.8 Å². The Morgan fingerprint density at radius 3 is 2.85 bits per heavy atom. The van der Waals surface area contributed by atoms with Gasteiger partial charge in [0.15, 0.2) is 17.1 Å². The molecule has 4 rings (SSSR count). The number of fused-ring (bicyclic) bond motifs is 2. The maximum Gasteiger partial charge on any atom is 0.252 e. The van der Waals surface area contributed by atoms with Crippen molar-refractivity contribution in [1.82, 2.24) is 34.7 Å². The number of hydrogen-bond donors (Lipinski definition) is 1. The molecule has 0 aromatic carbocycles. The SMILES string of the molecule is Cc1cc(C(=O)NC(C)c2nnc3ccccn23)c2c(C)nn(C)c2n1. The molecule has 4 aromatic rings. The van der Waals surface area contributed by atoms with Crippen LogP contribution in [0.25, 0.3) is 16.7 Å². The minimum absolute atomic E-state index is 0.184. The van der Waals surface area contributed by atoms with Crippen molar-refractivity contribution in [3.63, 3.8) is 0 Å². The lowest BCUT2D eigenvalue weighted by Crippen LogP contribution is -2.28. The molecule has 0 aliphatic rings. The van der Waals surface area contributed by atoms with Crippen LogP contribution >= 0.6 is 0 Å². The molecule has 0 fully saturated rings. The summed E-state index contributed by atoms with van der Waals surface area (Å²) in [7, 11) is 1.83. The average Bonchev–Trinajstić information content (AvgIpc) is 3.15. The summed E-state index contributed by atoms with van der Waals surface area (Å²) in [5.41, 5.74) is 3.56. The third-order valence-electron chi connectivity index (χ3n) is 4.42. The van der Waals surface area contributed by atoms with Gasteiger partial charge in [-0.15, -0.1) is 10.2 Å². The zero-order valence-corrected chi connectivity index (χ0v) is 15.1. The number of amides is 1. The average molecular weight is 349 g/mol. The third-order valence-corrected chi connectivity index (χ3v) is 4.42. The van der Waals surface area contributed by atoms with Crippen LogP contribution in [0.5, 0.6) is 0 Å². The van der Waals surface area contributed by atoms with Crippen molar-refractivity contribution in [2.45, 2.75) is 26.8 Å². The quantitative estimate of drug-likeness (QED) is 0.612. The number of aryl methyl sites for hydroxylation is 3. The highest BCUT2D eigenvalue weighted by atomic mass is 16.1. The van der Waals surface area contributed by atoms with Crippen molar-refractivity contribution < 1.29 is 4.79 Å². The van der Waals surface area contributed by atoms with Gasteiger partial charge in [-0.05, 0) is 39.0 Å². The van der Waals surface area contributed by atoms with Gasteiger partial charge in [-0.3, -0.25) is 13.9 Å². The largest absolute Gasteiger partial charge is 0.342 e. The molecule has 0 saturated carbocycles. The van der Waals surface area contributed by atoms with E-state index in [0.717, 1.165) is 22.4 Å². The van der Waals surface area contributed by atoms with Crippen molar-refractivity contribution in [1.29, 1.82) is 0 Å². The number of carbonyl (C=O) groups is 1. The Labute approximate surface area is 149 Å². The maximum absolute atomic E-state index is 13.0. The highest BCUT2D eigenvalue weighted by Gasteiger charge is 2.21. The van der Waals surface area contributed by atoms with E-state index in [9.17, 15) is 4.79 Å². The summed E-state index contributed by atoms with van der Waals surface area (Å²) in [6.07, 6.45) is 1.88. The molecule has 0 spiro atoms. The predicted octanol–water partition coefficient (Wildman–Crippen LogP) is 2.12. The summed E-state index contributed by atoms with van der Waals surface area (Å²) in [4.78, 5) is 17.5. The zero-order valence-electron chi connectivity index (χ0n) is 15.1. The molecule has 1 atom stereocenters. The van der Waals surface area contributed by atoms with Crippen molar-refractivity contribution in [3.05, 3.63) is 53.2 Å². The standard InChI is InChI=1S/C18H19N7O/c1-10-9-13(15-11(2)23-24(4)17(15)19-10)18(26)20-12(3)16-22-21-14-7-5-6-8-25(14)16/h5-9,12H,1-4H3,(H,20,26). The van der Waals surface area contributed by atoms with Gasteiger partial charge < -0.3 is 5.32 Å². The van der Waals surface area contributed by atoms with E-state index < -0.39 is 0 Å². The Hall–Kier alpha value is -3.29. The number of nitrogens with one attached hydrogen (secondary N) is 1. The summed E-state index contributed by atoms with van der Waals surface area (Å²) in [6, 6.07) is 7.17. The number of pyridine rings is 2. The van der Waals surface area contributed by atoms with E-state index in [4.69, 9.17) is 0 Å². The summed E-state index contributed by atoms with van der Waals surface area (Å²) in [5, 5.41) is 16.5. The maximum atomic E-state index is 13.0. The Bertz CT molecular complexity index is 1140. The van der Waals surface area contributed by atoms with Crippen molar-refractivity contribution in [2.75, 3.05) is 0 Å². The molecular formula is C18H19N7O. The van der Waals surface area contributed by atoms with Crippen LogP contribution in [0.2, 0.25) is 0 Å². The van der Waals surface area contributed by atoms with Crippen LogP contribution in [0.3, 0.4) is 0 Å². The second kappa shape index (κ2) is 5.91. The predicted molar refractivity (Wildman–Crippen MR) is 96.9 cm³/mol. The molecule has 1 amide bonds. The fraction of sp³-hybridized carbons (Fsp3) is 0.278. The molecule has 132 valence electrons. The number of carbonyl (C=O) groups excluding carboxylic acids is 1. The smallest absolute Gasteiger partial charge is 0.252 e. The van der Waals surface area contributed by atoms with Gasteiger partial charge >= 0.3 is 0 Å². The van der Waals surface area contributed by atoms with Crippen molar-refractivity contribution in [2.24, 2.45) is 7.05 Å². The van der Waals surface area contributed by atoms with Gasteiger partial charge in [0, 0.05) is 18.9 Å². The van der Waals surface area contributed by atoms with Crippen LogP contribution < -0.4 is 5.32 Å². The topological polar surface area (TPSA) is 90.0 Å². The van der Waals surface area contributed by atoms with Gasteiger partial charge in [0.1, 0.15) is 0 Å². The van der Waals surface area contributed by atoms with E-state index in [2.05, 4.69) is 25.6 Å². The lowest BCUT2D eigenvalue weighted by Gasteiger charge is -2.13. The molecule has 8 heteroatoms. The lowest BCUT2D eigenvalue weighted by molar-refractivity contribution is 0.0939. The first-order valence-electron chi connectivity index (χ1n) is 8.37. The fourth-order valence-electron chi connectivity index (χ4n) is 3.24. The zero-order chi connectivity index (χ0) is 18.4. The van der Waals surface area contributed by atoms with Gasteiger partial charge in [0.25, 0.3) is 5.91 Å². The second-order valence-electron chi connectivity index (χ2n) is 6.40. The van der Waals surface area contributed by atoms with Crippen LogP contribution in [-0.4, -0.2) is 35.3 Å². The van der Waals surface area contributed by atoms with Crippen LogP contribution in [0.1, 0.15) is 40.5 Å². The first-order valence-corrected chi connectivity index (χ1v) is 8.37. The number of rotatable bonds is 3. The third kappa shape index (κ3) is 2.50. The minimum Gasteiger partial charge on any atom is -0.342 e. The van der Waals surface area contributed by atoms with Gasteiger partial charge in [-0.1, -0.05) is 6.07 Å². The van der Waals surface area contributed by atoms with Crippen LogP contribution in [-0.2, 0) is 7.05 Å². The fourth-order valence-corrected chi connectivity index (χ4v) is 3.24. The number of nitrogens with zero attached hydrogens (tertiary/aromatic N) is 6. The molecule has 1 unspecified atom stereocenters. The molecule has 8 nitrogen and oxygen atoms in total. The van der Waals surface area contributed by atoms with E-state index in [1.165, 1.54) is 0 Å². The molecule has 0 radical (unpaired) electrons. The molecule has 0 bridgehead atoms. The van der Waals surface area contributed by atoms with Gasteiger partial charge in [-0.25, -0.2) is 4.98 Å². The normalized spacial score (nSPS) is 12.6. The molecule has 0 saturated heterocycles. The Balaban J connectivity index is 1.71. The summed E-state index contributed by atoms with van der Waals surface area (Å²) in [5.74, 6) is 0.496. The molecule has 26 heavy (non-hydrogen) atoms. The first-order chi connectivity index (χ1) is 12.5. The Morgan fingerprint density at radius 1 is 1.23 bits per heavy atom. The highest BCUT2D eigenvalue weighted by molar-refractivity contribution is 6.06. The molecule has 0 aliphatic carbocycles. The first kappa shape index (κ1) is 16.2. The second-order valence-corrected chi connectivity index (χ2v) is 6.40. The van der Waals surface area contributed by atoms with E-state index in [-0.39, 0.29) is 11.9 Å². The van der Waals surface area contributed by atoms with Crippen LogP contribution in [0.4, 0.5) is 0 Å². The Kier molecular flexibility index (Phi) is 3.68. The van der Waals surface area contributed by atoms with Crippen LogP contribution in [0.15, 0.2) is 30.5 Å². The summed E-state index contributed by atoms with van der Waals surface area (Å²) < 4.78 is 3.57. The number of hydrogen-bond acceptors (Lipinski definition) is 5.